The summed E-state index contributed by atoms with van der Waals surface area (Å²) >= 11 is 0. The molecule has 5 aliphatic rings. The molecule has 5 fully saturated rings. The molecule has 0 radical (unpaired) electrons. The van der Waals surface area contributed by atoms with Gasteiger partial charge in [0.1, 0.15) is 11.6 Å². The number of carbonyl (C=O) groups is 1. The van der Waals surface area contributed by atoms with Crippen LogP contribution < -0.4 is 10.6 Å². The van der Waals surface area contributed by atoms with Gasteiger partial charge < -0.3 is 15.5 Å². The fraction of sp³-hybridized carbons (Fsp3) is 0.714. The number of aromatic amines is 1. The molecule has 194 valence electrons. The summed E-state index contributed by atoms with van der Waals surface area (Å²) in [6.07, 6.45) is 16.6. The molecule has 3 saturated heterocycles. The van der Waals surface area contributed by atoms with Crippen molar-refractivity contribution in [2.45, 2.75) is 95.4 Å². The van der Waals surface area contributed by atoms with E-state index in [0.29, 0.717) is 35.0 Å². The first-order chi connectivity index (χ1) is 17.6. The zero-order valence-corrected chi connectivity index (χ0v) is 21.5. The lowest BCUT2D eigenvalue weighted by atomic mass is 9.68. The second-order valence-electron chi connectivity index (χ2n) is 12.0. The molecule has 0 atom stereocenters. The largest absolute Gasteiger partial charge is 0.351 e. The molecule has 3 aliphatic heterocycles. The second-order valence-corrected chi connectivity index (χ2v) is 12.0. The number of anilines is 3. The zero-order chi connectivity index (χ0) is 24.4. The Hall–Kier alpha value is -2.48. The molecule has 0 amide bonds. The molecule has 8 nitrogen and oxygen atoms in total. The third kappa shape index (κ3) is 5.58. The van der Waals surface area contributed by atoms with E-state index in [0.717, 1.165) is 50.2 Å². The molecular formula is C28H41N7O. The highest BCUT2D eigenvalue weighted by molar-refractivity contribution is 5.79. The molecule has 5 heterocycles. The number of ketones is 1. The number of nitrogens with one attached hydrogen (secondary N) is 3. The van der Waals surface area contributed by atoms with Crippen LogP contribution in [0.25, 0.3) is 0 Å². The first kappa shape index (κ1) is 23.9. The van der Waals surface area contributed by atoms with Crippen molar-refractivity contribution in [1.82, 2.24) is 25.1 Å². The Morgan fingerprint density at radius 3 is 2.53 bits per heavy atom. The minimum atomic E-state index is 0.328. The number of nitrogens with zero attached hydrogens (tertiary/aromatic N) is 4. The fourth-order valence-corrected chi connectivity index (χ4v) is 7.14. The lowest BCUT2D eigenvalue weighted by molar-refractivity contribution is -0.124. The van der Waals surface area contributed by atoms with Crippen LogP contribution in [0.15, 0.2) is 18.3 Å². The summed E-state index contributed by atoms with van der Waals surface area (Å²) in [6, 6.07) is 4.37. The topological polar surface area (TPSA) is 98.8 Å². The van der Waals surface area contributed by atoms with Gasteiger partial charge in [-0.1, -0.05) is 12.8 Å². The van der Waals surface area contributed by atoms with Crippen molar-refractivity contribution in [2.24, 2.45) is 11.3 Å². The number of aromatic nitrogens is 4. The van der Waals surface area contributed by atoms with Crippen LogP contribution in [0.5, 0.6) is 0 Å². The van der Waals surface area contributed by atoms with Crippen molar-refractivity contribution < 1.29 is 4.79 Å². The van der Waals surface area contributed by atoms with E-state index in [1.807, 2.05) is 6.07 Å². The number of hydrogen-bond donors (Lipinski definition) is 3. The summed E-state index contributed by atoms with van der Waals surface area (Å²) in [5.74, 6) is 3.89. The maximum absolute atomic E-state index is 12.9. The summed E-state index contributed by atoms with van der Waals surface area (Å²) in [5.41, 5.74) is 1.55. The maximum Gasteiger partial charge on any atom is 0.224 e. The predicted molar refractivity (Wildman–Crippen MR) is 141 cm³/mol. The third-order valence-corrected chi connectivity index (χ3v) is 9.45. The van der Waals surface area contributed by atoms with Gasteiger partial charge in [-0.25, -0.2) is 4.98 Å². The number of piperidine rings is 3. The van der Waals surface area contributed by atoms with Crippen LogP contribution in [0, 0.1) is 11.3 Å². The van der Waals surface area contributed by atoms with E-state index < -0.39 is 0 Å². The van der Waals surface area contributed by atoms with Gasteiger partial charge >= 0.3 is 0 Å². The SMILES string of the molecule is O=C(CC1CCC(Nc2nccc(Nc3cc(C4CCCC4)[nH]n3)n2)CC1)CC12CCN(CC1)CC2. The molecule has 0 spiro atoms. The van der Waals surface area contributed by atoms with Crippen molar-refractivity contribution >= 4 is 23.4 Å². The van der Waals surface area contributed by atoms with Crippen LogP contribution in [0.4, 0.5) is 17.6 Å². The molecule has 2 bridgehead atoms. The Bertz CT molecular complexity index is 1020. The molecule has 36 heavy (non-hydrogen) atoms. The Morgan fingerprint density at radius 2 is 1.78 bits per heavy atom. The Balaban J connectivity index is 0.960. The number of carbonyl (C=O) groups excluding carboxylic acids is 1. The van der Waals surface area contributed by atoms with E-state index >= 15 is 0 Å². The van der Waals surface area contributed by atoms with Gasteiger partial charge in [0, 0.05) is 42.8 Å². The number of H-pyrrole nitrogens is 1. The van der Waals surface area contributed by atoms with Crippen molar-refractivity contribution in [3.8, 4) is 0 Å². The minimum Gasteiger partial charge on any atom is -0.351 e. The van der Waals surface area contributed by atoms with Crippen LogP contribution in [-0.2, 0) is 4.79 Å². The second kappa shape index (κ2) is 10.5. The van der Waals surface area contributed by atoms with Gasteiger partial charge in [-0.05, 0) is 94.8 Å². The molecule has 2 saturated carbocycles. The van der Waals surface area contributed by atoms with E-state index in [1.54, 1.807) is 6.20 Å². The van der Waals surface area contributed by atoms with Gasteiger partial charge in [-0.3, -0.25) is 9.89 Å². The highest BCUT2D eigenvalue weighted by Gasteiger charge is 2.40. The van der Waals surface area contributed by atoms with Crippen LogP contribution in [0.1, 0.15) is 95.1 Å². The molecule has 7 rings (SSSR count). The van der Waals surface area contributed by atoms with Crippen LogP contribution in [0.2, 0.25) is 0 Å². The molecule has 0 aromatic carbocycles. The van der Waals surface area contributed by atoms with E-state index in [9.17, 15) is 4.79 Å². The van der Waals surface area contributed by atoms with Crippen LogP contribution >= 0.6 is 0 Å². The lowest BCUT2D eigenvalue weighted by Crippen LogP contribution is -2.49. The summed E-state index contributed by atoms with van der Waals surface area (Å²) in [6.45, 7) is 3.60. The monoisotopic (exact) mass is 491 g/mol. The molecular weight excluding hydrogens is 450 g/mol. The highest BCUT2D eigenvalue weighted by atomic mass is 16.1. The standard InChI is InChI=1S/C28H41N7O/c36-23(19-28-10-14-35(15-11-28)16-12-28)17-20-5-7-22(8-6-20)30-27-29-13-9-25(32-27)31-26-18-24(33-34-26)21-3-1-2-4-21/h9,13,18,20-22H,1-8,10-12,14-17,19H2,(H3,29,30,31,32,33,34). The minimum absolute atomic E-state index is 0.328. The van der Waals surface area contributed by atoms with Gasteiger partial charge in [0.2, 0.25) is 5.95 Å². The van der Waals surface area contributed by atoms with Crippen LogP contribution in [-0.4, -0.2) is 56.5 Å². The summed E-state index contributed by atoms with van der Waals surface area (Å²) in [4.78, 5) is 24.6. The predicted octanol–water partition coefficient (Wildman–Crippen LogP) is 5.41. The number of fused-ring (bicyclic) bond motifs is 3. The normalized spacial score (nSPS) is 30.4. The first-order valence-electron chi connectivity index (χ1n) is 14.3. The van der Waals surface area contributed by atoms with Gasteiger partial charge in [-0.2, -0.15) is 10.1 Å². The lowest BCUT2D eigenvalue weighted by Gasteiger charge is -2.48. The van der Waals surface area contributed by atoms with Gasteiger partial charge in [0.15, 0.2) is 5.82 Å². The average Bonchev–Trinajstić information content (AvgIpc) is 3.59. The molecule has 3 N–H and O–H groups in total. The van der Waals surface area contributed by atoms with Crippen molar-refractivity contribution in [2.75, 3.05) is 30.3 Å². The smallest absolute Gasteiger partial charge is 0.224 e. The Kier molecular flexibility index (Phi) is 6.96. The molecule has 2 aliphatic carbocycles. The van der Waals surface area contributed by atoms with E-state index in [2.05, 4.69) is 41.8 Å². The van der Waals surface area contributed by atoms with E-state index in [4.69, 9.17) is 0 Å². The fourth-order valence-electron chi connectivity index (χ4n) is 7.14. The third-order valence-electron chi connectivity index (χ3n) is 9.45. The summed E-state index contributed by atoms with van der Waals surface area (Å²) in [7, 11) is 0. The molecule has 8 heteroatoms. The molecule has 0 unspecified atom stereocenters. The number of Topliss-reactive ketones (excluding diaryl/α,β-unsaturated/α-hetero) is 1. The van der Waals surface area contributed by atoms with E-state index in [-0.39, 0.29) is 0 Å². The van der Waals surface area contributed by atoms with Crippen molar-refractivity contribution in [3.05, 3.63) is 24.0 Å². The maximum atomic E-state index is 12.9. The van der Waals surface area contributed by atoms with Gasteiger partial charge in [-0.15, -0.1) is 0 Å². The first-order valence-corrected chi connectivity index (χ1v) is 14.3. The van der Waals surface area contributed by atoms with Crippen molar-refractivity contribution in [3.63, 3.8) is 0 Å². The summed E-state index contributed by atoms with van der Waals surface area (Å²) < 4.78 is 0. The Morgan fingerprint density at radius 1 is 1.03 bits per heavy atom. The van der Waals surface area contributed by atoms with Crippen molar-refractivity contribution in [1.29, 1.82) is 0 Å². The highest BCUT2D eigenvalue weighted by Crippen LogP contribution is 2.44. The Labute approximate surface area is 214 Å². The van der Waals surface area contributed by atoms with Gasteiger partial charge in [0.05, 0.1) is 0 Å². The quantitative estimate of drug-likeness (QED) is 0.431. The van der Waals surface area contributed by atoms with Gasteiger partial charge in [0.25, 0.3) is 0 Å². The molecule has 2 aromatic heterocycles. The zero-order valence-electron chi connectivity index (χ0n) is 21.5. The van der Waals surface area contributed by atoms with E-state index in [1.165, 1.54) is 70.3 Å². The number of hydrogen-bond acceptors (Lipinski definition) is 7. The molecule has 2 aromatic rings. The van der Waals surface area contributed by atoms with Crippen LogP contribution in [0.3, 0.4) is 0 Å². The summed E-state index contributed by atoms with van der Waals surface area (Å²) in [5, 5.41) is 14.5. The number of rotatable bonds is 9. The average molecular weight is 492 g/mol.